The number of rotatable bonds is 25. The van der Waals surface area contributed by atoms with Crippen LogP contribution in [0.15, 0.2) is 0 Å². The number of ether oxygens (including phenoxy) is 2. The Hall–Kier alpha value is -3.00. The van der Waals surface area contributed by atoms with Gasteiger partial charge >= 0.3 is 35.8 Å². The van der Waals surface area contributed by atoms with Crippen molar-refractivity contribution in [1.29, 1.82) is 0 Å². The van der Waals surface area contributed by atoms with E-state index < -0.39 is 86.9 Å². The molecule has 18 nitrogen and oxygen atoms in total. The monoisotopic (exact) mass is 792 g/mol. The van der Waals surface area contributed by atoms with Gasteiger partial charge in [-0.2, -0.15) is 0 Å². The van der Waals surface area contributed by atoms with Gasteiger partial charge < -0.3 is 39.7 Å². The van der Waals surface area contributed by atoms with Gasteiger partial charge in [-0.05, 0) is 12.8 Å². The Balaban J connectivity index is 0. The van der Waals surface area contributed by atoms with Gasteiger partial charge in [0, 0.05) is 79.0 Å². The molecule has 0 unspecified atom stereocenters. The minimum Gasteiger partial charge on any atom is -0.480 e. The summed E-state index contributed by atoms with van der Waals surface area (Å²) in [6, 6.07) is 0. The maximum Gasteiger partial charge on any atom is 0.323 e. The van der Waals surface area contributed by atoms with Crippen molar-refractivity contribution in [3.8, 4) is 0 Å². The van der Waals surface area contributed by atoms with Crippen molar-refractivity contribution in [2.75, 3.05) is 78.7 Å². The Kier molecular flexibility index (Phi) is 24.7. The number of aliphatic carboxylic acids is 4. The number of esters is 2. The molecule has 0 bridgehead atoms. The molecule has 0 saturated carbocycles. The second-order valence-corrected chi connectivity index (χ2v) is 9.57. The average Bonchev–Trinajstić information content (AvgIpc) is 2.89. The maximum atomic E-state index is 12.9. The summed E-state index contributed by atoms with van der Waals surface area (Å²) in [7, 11) is 0. The number of carboxylic acid groups (broad SMARTS) is 4. The zero-order chi connectivity index (χ0) is 33.7. The van der Waals surface area contributed by atoms with Crippen molar-refractivity contribution in [3.63, 3.8) is 0 Å². The summed E-state index contributed by atoms with van der Waals surface area (Å²) in [5.41, 5.74) is 0. The molecular weight excluding hydrogens is 750 g/mol. The summed E-state index contributed by atoms with van der Waals surface area (Å²) in [6.07, 6.45) is 1.37. The molecule has 0 saturated heterocycles. The Labute approximate surface area is 292 Å². The van der Waals surface area contributed by atoms with Gasteiger partial charge in [-0.3, -0.25) is 48.2 Å². The summed E-state index contributed by atoms with van der Waals surface area (Å²) in [5.74, 6) is -8.42. The summed E-state index contributed by atoms with van der Waals surface area (Å²) >= 11 is 0. The molecule has 0 spiro atoms. The largest absolute Gasteiger partial charge is 0.480 e. The van der Waals surface area contributed by atoms with Crippen LogP contribution in [0, 0.1) is 39.9 Å². The number of hydrogen-bond acceptors (Lipinski definition) is 12. The van der Waals surface area contributed by atoms with Crippen molar-refractivity contribution in [2.24, 2.45) is 0 Å². The van der Waals surface area contributed by atoms with Gasteiger partial charge in [-0.15, -0.1) is 0 Å². The molecule has 19 heteroatoms. The van der Waals surface area contributed by atoms with Crippen molar-refractivity contribution >= 4 is 47.6 Å². The molecule has 0 atom stereocenters. The van der Waals surface area contributed by atoms with E-state index in [1.54, 1.807) is 13.8 Å². The van der Waals surface area contributed by atoms with Crippen molar-refractivity contribution < 1.29 is 108 Å². The number of nitrogens with zero attached hydrogens (tertiary/aromatic N) is 4. The number of carboxylic acids is 4. The number of amides is 2. The first-order valence-electron chi connectivity index (χ1n) is 13.9. The van der Waals surface area contributed by atoms with E-state index in [1.807, 2.05) is 0 Å². The molecule has 0 aliphatic carbocycles. The molecule has 0 radical (unpaired) electrons. The van der Waals surface area contributed by atoms with Crippen LogP contribution in [0.3, 0.4) is 0 Å². The number of hydrogen-bond donors (Lipinski definition) is 4. The quantitative estimate of drug-likeness (QED) is 0.0751. The first kappa shape index (κ1) is 44.1. The van der Waals surface area contributed by atoms with E-state index in [0.29, 0.717) is 22.6 Å². The minimum atomic E-state index is -1.44. The molecule has 258 valence electrons. The minimum absolute atomic E-state index is 0. The van der Waals surface area contributed by atoms with Gasteiger partial charge in [0.2, 0.25) is 11.8 Å². The SMILES string of the molecule is CCCC(=O)OCCN(CCN(CCOC(=O)CCC)CC(=O)N(CC(=O)O)CC(=O)O)CC(=O)N(CC(=O)O)CC(=O)O.[Gd]. The summed E-state index contributed by atoms with van der Waals surface area (Å²) in [5, 5.41) is 36.4. The Morgan fingerprint density at radius 3 is 1.02 bits per heavy atom. The van der Waals surface area contributed by atoms with E-state index >= 15 is 0 Å². The van der Waals surface area contributed by atoms with Crippen molar-refractivity contribution in [1.82, 2.24) is 19.6 Å². The molecular formula is C26H42GdN4O14. The summed E-state index contributed by atoms with van der Waals surface area (Å²) in [4.78, 5) is 98.1. The predicted molar refractivity (Wildman–Crippen MR) is 148 cm³/mol. The van der Waals surface area contributed by atoms with Crippen LogP contribution in [0.4, 0.5) is 0 Å². The van der Waals surface area contributed by atoms with E-state index in [9.17, 15) is 38.4 Å². The molecule has 4 N–H and O–H groups in total. The molecule has 0 rings (SSSR count). The van der Waals surface area contributed by atoms with E-state index in [4.69, 9.17) is 29.9 Å². The van der Waals surface area contributed by atoms with Gasteiger partial charge in [0.1, 0.15) is 39.4 Å². The topological polar surface area (TPSA) is 249 Å². The van der Waals surface area contributed by atoms with Crippen molar-refractivity contribution in [3.05, 3.63) is 0 Å². The Morgan fingerprint density at radius 1 is 0.489 bits per heavy atom. The molecule has 0 aromatic carbocycles. The maximum absolute atomic E-state index is 12.9. The Morgan fingerprint density at radius 2 is 0.778 bits per heavy atom. The molecule has 0 fully saturated rings. The van der Waals surface area contributed by atoms with E-state index in [-0.39, 0.29) is 92.2 Å². The summed E-state index contributed by atoms with van der Waals surface area (Å²) in [6.45, 7) is -1.39. The van der Waals surface area contributed by atoms with Crippen LogP contribution in [0.1, 0.15) is 39.5 Å². The van der Waals surface area contributed by atoms with Crippen LogP contribution in [0.5, 0.6) is 0 Å². The third-order valence-electron chi connectivity index (χ3n) is 5.71. The molecule has 0 aromatic rings. The third kappa shape index (κ3) is 23.1. The fourth-order valence-corrected chi connectivity index (χ4v) is 3.65. The zero-order valence-electron chi connectivity index (χ0n) is 25.3. The molecule has 0 heterocycles. The molecule has 45 heavy (non-hydrogen) atoms. The van der Waals surface area contributed by atoms with Gasteiger partial charge in [0.25, 0.3) is 0 Å². The van der Waals surface area contributed by atoms with E-state index in [1.165, 1.54) is 9.80 Å². The van der Waals surface area contributed by atoms with Crippen LogP contribution >= 0.6 is 0 Å². The van der Waals surface area contributed by atoms with Crippen LogP contribution in [-0.2, 0) is 47.8 Å². The molecule has 2 amide bonds. The number of carbonyl (C=O) groups is 8. The van der Waals surface area contributed by atoms with E-state index in [0.717, 1.165) is 0 Å². The summed E-state index contributed by atoms with van der Waals surface area (Å²) < 4.78 is 10.3. The second-order valence-electron chi connectivity index (χ2n) is 9.57. The first-order chi connectivity index (χ1) is 20.7. The molecule has 0 aliphatic heterocycles. The van der Waals surface area contributed by atoms with Crippen molar-refractivity contribution in [2.45, 2.75) is 39.5 Å². The van der Waals surface area contributed by atoms with Crippen LogP contribution in [-0.4, -0.2) is 166 Å². The van der Waals surface area contributed by atoms with Gasteiger partial charge in [0.05, 0.1) is 13.1 Å². The first-order valence-corrected chi connectivity index (χ1v) is 13.9. The van der Waals surface area contributed by atoms with Gasteiger partial charge in [0.15, 0.2) is 0 Å². The fraction of sp³-hybridized carbons (Fsp3) is 0.692. The second kappa shape index (κ2) is 25.2. The molecule has 0 aromatic heterocycles. The Bertz CT molecular complexity index is 902. The standard InChI is InChI=1S/C26H42N4O14.Gd/c1-3-5-25(41)43-11-9-27(13-19(31)29(15-21(33)34)16-22(35)36)7-8-28(10-12-44-26(42)6-4-2)14-20(32)30(17-23(37)38)18-24(39)40;/h3-18H2,1-2H3,(H,33,34)(H,35,36)(H,37,38)(H,39,40);. The van der Waals surface area contributed by atoms with Crippen LogP contribution in [0.25, 0.3) is 0 Å². The average molecular weight is 792 g/mol. The number of carbonyl (C=O) groups excluding carboxylic acids is 4. The van der Waals surface area contributed by atoms with Gasteiger partial charge in [-0.1, -0.05) is 13.8 Å². The third-order valence-corrected chi connectivity index (χ3v) is 5.71. The predicted octanol–water partition coefficient (Wildman–Crippen LogP) is -1.73. The fourth-order valence-electron chi connectivity index (χ4n) is 3.65. The smallest absolute Gasteiger partial charge is 0.323 e. The van der Waals surface area contributed by atoms with E-state index in [2.05, 4.69) is 0 Å². The normalized spacial score (nSPS) is 10.5. The van der Waals surface area contributed by atoms with Crippen LogP contribution in [0.2, 0.25) is 0 Å². The zero-order valence-corrected chi connectivity index (χ0v) is 27.6. The van der Waals surface area contributed by atoms with Gasteiger partial charge in [-0.25, -0.2) is 0 Å². The molecule has 0 aliphatic rings. The van der Waals surface area contributed by atoms with Crippen LogP contribution < -0.4 is 0 Å².